The number of nitrogens with one attached hydrogen (secondary N) is 2. The molecule has 0 bridgehead atoms. The van der Waals surface area contributed by atoms with Crippen molar-refractivity contribution in [2.24, 2.45) is 5.92 Å². The highest BCUT2D eigenvalue weighted by atomic mass is 15.2. The molecule has 0 spiro atoms. The first-order valence-corrected chi connectivity index (χ1v) is 7.80. The Morgan fingerprint density at radius 1 is 1.24 bits per heavy atom. The van der Waals surface area contributed by atoms with Crippen molar-refractivity contribution in [1.29, 1.82) is 0 Å². The maximum atomic E-state index is 4.00. The molecule has 0 amide bonds. The molecule has 21 heavy (non-hydrogen) atoms. The van der Waals surface area contributed by atoms with E-state index in [2.05, 4.69) is 58.5 Å². The van der Waals surface area contributed by atoms with Crippen molar-refractivity contribution in [3.63, 3.8) is 0 Å². The van der Waals surface area contributed by atoms with Crippen LogP contribution in [0, 0.1) is 5.92 Å². The minimum absolute atomic E-state index is 0.604. The molecule has 2 N–H and O–H groups in total. The Morgan fingerprint density at radius 3 is 2.71 bits per heavy atom. The second-order valence-corrected chi connectivity index (χ2v) is 6.26. The highest BCUT2D eigenvalue weighted by molar-refractivity contribution is 5.65. The minimum atomic E-state index is 0.604. The molecular formula is C17H24N4. The standard InChI is InChI=1S/C17H24N4/c1-13(2)9-16-12-21(8-7-18-16)17-5-3-14(4-6-17)15-10-19-20-11-15/h3-6,10-11,13,16,18H,7-9,12H2,1-2H3,(H,19,20). The van der Waals surface area contributed by atoms with Crippen LogP contribution in [0.2, 0.25) is 0 Å². The number of aromatic nitrogens is 2. The van der Waals surface area contributed by atoms with E-state index in [-0.39, 0.29) is 0 Å². The number of H-pyrrole nitrogens is 1. The van der Waals surface area contributed by atoms with Crippen molar-refractivity contribution >= 4 is 5.69 Å². The number of piperazine rings is 1. The first-order chi connectivity index (χ1) is 10.2. The first-order valence-electron chi connectivity index (χ1n) is 7.80. The van der Waals surface area contributed by atoms with Crippen molar-refractivity contribution in [2.45, 2.75) is 26.3 Å². The van der Waals surface area contributed by atoms with Gasteiger partial charge in [-0.05, 0) is 30.0 Å². The average molecular weight is 284 g/mol. The summed E-state index contributed by atoms with van der Waals surface area (Å²) in [7, 11) is 0. The zero-order valence-corrected chi connectivity index (χ0v) is 12.8. The molecule has 112 valence electrons. The molecule has 1 saturated heterocycles. The molecule has 0 aliphatic carbocycles. The van der Waals surface area contributed by atoms with Crippen molar-refractivity contribution < 1.29 is 0 Å². The molecule has 1 unspecified atom stereocenters. The largest absolute Gasteiger partial charge is 0.369 e. The summed E-state index contributed by atoms with van der Waals surface area (Å²) >= 11 is 0. The highest BCUT2D eigenvalue weighted by Crippen LogP contribution is 2.23. The Balaban J connectivity index is 1.69. The maximum absolute atomic E-state index is 4.00. The number of hydrogen-bond acceptors (Lipinski definition) is 3. The van der Waals surface area contributed by atoms with Gasteiger partial charge in [0, 0.05) is 43.1 Å². The molecule has 1 atom stereocenters. The molecule has 4 nitrogen and oxygen atoms in total. The predicted octanol–water partition coefficient (Wildman–Crippen LogP) is 2.90. The Labute approximate surface area is 126 Å². The van der Waals surface area contributed by atoms with Gasteiger partial charge in [0.15, 0.2) is 0 Å². The van der Waals surface area contributed by atoms with Crippen molar-refractivity contribution in [3.05, 3.63) is 36.7 Å². The summed E-state index contributed by atoms with van der Waals surface area (Å²) in [5.74, 6) is 0.742. The molecule has 1 fully saturated rings. The highest BCUT2D eigenvalue weighted by Gasteiger charge is 2.20. The number of hydrogen-bond donors (Lipinski definition) is 2. The van der Waals surface area contributed by atoms with E-state index in [1.54, 1.807) is 0 Å². The molecule has 2 aromatic rings. The number of nitrogens with zero attached hydrogens (tertiary/aromatic N) is 2. The third-order valence-electron chi connectivity index (χ3n) is 4.08. The van der Waals surface area contributed by atoms with E-state index in [1.807, 2.05) is 12.4 Å². The lowest BCUT2D eigenvalue weighted by Crippen LogP contribution is -2.51. The van der Waals surface area contributed by atoms with E-state index in [0.717, 1.165) is 31.1 Å². The van der Waals surface area contributed by atoms with Crippen LogP contribution >= 0.6 is 0 Å². The van der Waals surface area contributed by atoms with E-state index < -0.39 is 0 Å². The smallest absolute Gasteiger partial charge is 0.0565 e. The Bertz CT molecular complexity index is 545. The third kappa shape index (κ3) is 3.45. The summed E-state index contributed by atoms with van der Waals surface area (Å²) in [4.78, 5) is 2.49. The van der Waals surface area contributed by atoms with Gasteiger partial charge in [-0.15, -0.1) is 0 Å². The van der Waals surface area contributed by atoms with Crippen LogP contribution in [0.25, 0.3) is 11.1 Å². The van der Waals surface area contributed by atoms with Crippen LogP contribution in [0.1, 0.15) is 20.3 Å². The minimum Gasteiger partial charge on any atom is -0.369 e. The summed E-state index contributed by atoms with van der Waals surface area (Å²) in [6.07, 6.45) is 5.03. The van der Waals surface area contributed by atoms with Crippen molar-refractivity contribution in [1.82, 2.24) is 15.5 Å². The van der Waals surface area contributed by atoms with E-state index in [1.165, 1.54) is 17.7 Å². The average Bonchev–Trinajstić information content (AvgIpc) is 3.01. The lowest BCUT2D eigenvalue weighted by molar-refractivity contribution is 0.388. The van der Waals surface area contributed by atoms with Crippen molar-refractivity contribution in [3.8, 4) is 11.1 Å². The molecule has 2 heterocycles. The van der Waals surface area contributed by atoms with Gasteiger partial charge in [0.25, 0.3) is 0 Å². The summed E-state index contributed by atoms with van der Waals surface area (Å²) in [6, 6.07) is 9.41. The fourth-order valence-corrected chi connectivity index (χ4v) is 3.06. The van der Waals surface area contributed by atoms with Crippen LogP contribution in [0.3, 0.4) is 0 Å². The lowest BCUT2D eigenvalue weighted by atomic mass is 10.0. The molecule has 0 saturated carbocycles. The van der Waals surface area contributed by atoms with Crippen LogP contribution in [-0.2, 0) is 0 Å². The van der Waals surface area contributed by atoms with Crippen LogP contribution in [0.5, 0.6) is 0 Å². The first kappa shape index (κ1) is 14.1. The van der Waals surface area contributed by atoms with E-state index in [9.17, 15) is 0 Å². The van der Waals surface area contributed by atoms with Gasteiger partial charge >= 0.3 is 0 Å². The van der Waals surface area contributed by atoms with Crippen LogP contribution in [-0.4, -0.2) is 35.9 Å². The van der Waals surface area contributed by atoms with E-state index >= 15 is 0 Å². The Hall–Kier alpha value is -1.81. The second kappa shape index (κ2) is 6.31. The summed E-state index contributed by atoms with van der Waals surface area (Å²) in [6.45, 7) is 7.84. The van der Waals surface area contributed by atoms with Gasteiger partial charge < -0.3 is 10.2 Å². The summed E-state index contributed by atoms with van der Waals surface area (Å²) in [5, 5.41) is 10.5. The molecule has 0 radical (unpaired) electrons. The number of benzene rings is 1. The van der Waals surface area contributed by atoms with Gasteiger partial charge in [-0.1, -0.05) is 26.0 Å². The van der Waals surface area contributed by atoms with E-state index in [4.69, 9.17) is 0 Å². The van der Waals surface area contributed by atoms with E-state index in [0.29, 0.717) is 6.04 Å². The molecule has 3 rings (SSSR count). The van der Waals surface area contributed by atoms with Crippen LogP contribution < -0.4 is 10.2 Å². The molecule has 1 aliphatic heterocycles. The quantitative estimate of drug-likeness (QED) is 0.907. The lowest BCUT2D eigenvalue weighted by Gasteiger charge is -2.36. The van der Waals surface area contributed by atoms with Crippen molar-refractivity contribution in [2.75, 3.05) is 24.5 Å². The van der Waals surface area contributed by atoms with Crippen LogP contribution in [0.4, 0.5) is 5.69 Å². The van der Waals surface area contributed by atoms with Gasteiger partial charge in [-0.25, -0.2) is 0 Å². The molecule has 1 aromatic carbocycles. The third-order valence-corrected chi connectivity index (χ3v) is 4.08. The number of anilines is 1. The van der Waals surface area contributed by atoms with Gasteiger partial charge in [0.05, 0.1) is 6.20 Å². The Morgan fingerprint density at radius 2 is 2.05 bits per heavy atom. The van der Waals surface area contributed by atoms with Gasteiger partial charge in [-0.2, -0.15) is 5.10 Å². The predicted molar refractivity (Wildman–Crippen MR) is 87.5 cm³/mol. The molecular weight excluding hydrogens is 260 g/mol. The van der Waals surface area contributed by atoms with Gasteiger partial charge in [-0.3, -0.25) is 5.10 Å². The van der Waals surface area contributed by atoms with Gasteiger partial charge in [0.2, 0.25) is 0 Å². The molecule has 1 aromatic heterocycles. The zero-order chi connectivity index (χ0) is 14.7. The SMILES string of the molecule is CC(C)CC1CN(c2ccc(-c3cn[nH]c3)cc2)CCN1. The van der Waals surface area contributed by atoms with Gasteiger partial charge in [0.1, 0.15) is 0 Å². The van der Waals surface area contributed by atoms with Crippen LogP contribution in [0.15, 0.2) is 36.7 Å². The Kier molecular flexibility index (Phi) is 4.25. The normalized spacial score (nSPS) is 19.2. The number of rotatable bonds is 4. The number of aromatic amines is 1. The fourth-order valence-electron chi connectivity index (χ4n) is 3.06. The maximum Gasteiger partial charge on any atom is 0.0565 e. The summed E-state index contributed by atoms with van der Waals surface area (Å²) < 4.78 is 0. The molecule has 1 aliphatic rings. The fraction of sp³-hybridized carbons (Fsp3) is 0.471. The topological polar surface area (TPSA) is 44.0 Å². The summed E-state index contributed by atoms with van der Waals surface area (Å²) in [5.41, 5.74) is 3.67. The molecule has 4 heteroatoms. The second-order valence-electron chi connectivity index (χ2n) is 6.26. The zero-order valence-electron chi connectivity index (χ0n) is 12.8. The monoisotopic (exact) mass is 284 g/mol.